The van der Waals surface area contributed by atoms with E-state index in [1.807, 2.05) is 30.3 Å². The Morgan fingerprint density at radius 1 is 1.28 bits per heavy atom. The van der Waals surface area contributed by atoms with Crippen molar-refractivity contribution in [2.45, 2.75) is 19.3 Å². The molecule has 2 amide bonds. The van der Waals surface area contributed by atoms with Crippen molar-refractivity contribution >= 4 is 22.6 Å². The predicted octanol–water partition coefficient (Wildman–Crippen LogP) is 4.53. The smallest absolute Gasteiger partial charge is 0.330 e. The number of hydrogen-bond donors (Lipinski definition) is 1. The monoisotopic (exact) mass is 335 g/mol. The average Bonchev–Trinajstić information content (AvgIpc) is 2.61. The van der Waals surface area contributed by atoms with E-state index in [1.165, 1.54) is 4.90 Å². The summed E-state index contributed by atoms with van der Waals surface area (Å²) < 4.78 is 5.80. The number of fused-ring (bicyclic) bond motifs is 1. The van der Waals surface area contributed by atoms with Gasteiger partial charge in [0, 0.05) is 17.3 Å². The average molecular weight is 335 g/mol. The van der Waals surface area contributed by atoms with E-state index in [0.717, 1.165) is 35.9 Å². The lowest BCUT2D eigenvalue weighted by molar-refractivity contribution is 0.250. The van der Waals surface area contributed by atoms with Gasteiger partial charge in [0.25, 0.3) is 0 Å². The minimum Gasteiger partial charge on any atom is -0.494 e. The van der Waals surface area contributed by atoms with Crippen LogP contribution in [0, 0.1) is 0 Å². The molecule has 0 unspecified atom stereocenters. The third-order valence-electron chi connectivity index (χ3n) is 3.90. The lowest BCUT2D eigenvalue weighted by Crippen LogP contribution is -2.38. The van der Waals surface area contributed by atoms with Gasteiger partial charge in [-0.25, -0.2) is 4.79 Å². The van der Waals surface area contributed by atoms with Gasteiger partial charge in [-0.3, -0.25) is 9.88 Å². The Bertz CT molecular complexity index is 842. The van der Waals surface area contributed by atoms with Gasteiger partial charge in [-0.05, 0) is 49.6 Å². The molecule has 1 N–H and O–H groups in total. The molecule has 5 nitrogen and oxygen atoms in total. The minimum absolute atomic E-state index is 0.247. The summed E-state index contributed by atoms with van der Waals surface area (Å²) in [7, 11) is 0. The summed E-state index contributed by atoms with van der Waals surface area (Å²) in [4.78, 5) is 18.0. The SMILES string of the molecule is C=CCCCCOc1ccc2ncc(N3C=CC(=C)NC3=O)cc2c1. The first-order valence-corrected chi connectivity index (χ1v) is 8.28. The zero-order valence-electron chi connectivity index (χ0n) is 14.1. The number of unbranched alkanes of at least 4 members (excludes halogenated alkanes) is 2. The highest BCUT2D eigenvalue weighted by atomic mass is 16.5. The second kappa shape index (κ2) is 7.66. The van der Waals surface area contributed by atoms with Crippen LogP contribution < -0.4 is 15.0 Å². The van der Waals surface area contributed by atoms with E-state index in [-0.39, 0.29) is 6.03 Å². The summed E-state index contributed by atoms with van der Waals surface area (Å²) in [5.41, 5.74) is 2.12. The maximum atomic E-state index is 12.1. The molecular formula is C20H21N3O2. The van der Waals surface area contributed by atoms with Crippen molar-refractivity contribution in [3.63, 3.8) is 0 Å². The van der Waals surface area contributed by atoms with Crippen LogP contribution in [0.1, 0.15) is 19.3 Å². The van der Waals surface area contributed by atoms with Crippen molar-refractivity contribution in [2.75, 3.05) is 11.5 Å². The van der Waals surface area contributed by atoms with Gasteiger partial charge >= 0.3 is 6.03 Å². The molecule has 1 aromatic heterocycles. The molecule has 1 aliphatic heterocycles. The number of rotatable bonds is 7. The Balaban J connectivity index is 1.76. The van der Waals surface area contributed by atoms with Crippen molar-refractivity contribution in [1.29, 1.82) is 0 Å². The normalized spacial score (nSPS) is 13.8. The molecule has 2 aromatic rings. The quantitative estimate of drug-likeness (QED) is 0.597. The Labute approximate surface area is 147 Å². The van der Waals surface area contributed by atoms with Crippen LogP contribution in [0.15, 0.2) is 67.7 Å². The van der Waals surface area contributed by atoms with E-state index in [1.54, 1.807) is 18.5 Å². The van der Waals surface area contributed by atoms with Crippen LogP contribution in [0.25, 0.3) is 10.9 Å². The molecule has 2 heterocycles. The number of nitrogens with zero attached hydrogens (tertiary/aromatic N) is 2. The summed E-state index contributed by atoms with van der Waals surface area (Å²) >= 11 is 0. The predicted molar refractivity (Wildman–Crippen MR) is 101 cm³/mol. The summed E-state index contributed by atoms with van der Waals surface area (Å²) in [5, 5.41) is 3.60. The molecular weight excluding hydrogens is 314 g/mol. The largest absolute Gasteiger partial charge is 0.494 e. The first-order valence-electron chi connectivity index (χ1n) is 8.28. The maximum Gasteiger partial charge on any atom is 0.330 e. The Hall–Kier alpha value is -3.08. The van der Waals surface area contributed by atoms with Gasteiger partial charge in [-0.1, -0.05) is 12.7 Å². The summed E-state index contributed by atoms with van der Waals surface area (Å²) in [6.45, 7) is 8.11. The van der Waals surface area contributed by atoms with Crippen LogP contribution in [0.5, 0.6) is 5.75 Å². The van der Waals surface area contributed by atoms with Gasteiger partial charge in [-0.15, -0.1) is 6.58 Å². The van der Waals surface area contributed by atoms with Gasteiger partial charge in [0.2, 0.25) is 0 Å². The molecule has 0 radical (unpaired) electrons. The molecule has 0 atom stereocenters. The zero-order chi connectivity index (χ0) is 17.6. The van der Waals surface area contributed by atoms with Crippen LogP contribution in [0.2, 0.25) is 0 Å². The third-order valence-corrected chi connectivity index (χ3v) is 3.90. The molecule has 0 fully saturated rings. The number of benzene rings is 1. The number of pyridine rings is 1. The van der Waals surface area contributed by atoms with Crippen LogP contribution in [0.3, 0.4) is 0 Å². The molecule has 5 heteroatoms. The van der Waals surface area contributed by atoms with Crippen LogP contribution in [-0.2, 0) is 0 Å². The number of ether oxygens (including phenoxy) is 1. The van der Waals surface area contributed by atoms with Crippen molar-refractivity contribution in [3.05, 3.63) is 67.7 Å². The van der Waals surface area contributed by atoms with Gasteiger partial charge in [-0.2, -0.15) is 0 Å². The molecule has 0 aliphatic carbocycles. The van der Waals surface area contributed by atoms with Gasteiger partial charge in [0.05, 0.1) is 24.0 Å². The zero-order valence-corrected chi connectivity index (χ0v) is 14.1. The molecule has 3 rings (SSSR count). The van der Waals surface area contributed by atoms with Crippen molar-refractivity contribution < 1.29 is 9.53 Å². The van der Waals surface area contributed by atoms with Crippen molar-refractivity contribution in [3.8, 4) is 5.75 Å². The maximum absolute atomic E-state index is 12.1. The summed E-state index contributed by atoms with van der Waals surface area (Å²) in [6.07, 6.45) is 10.1. The Kier molecular flexibility index (Phi) is 5.14. The summed E-state index contributed by atoms with van der Waals surface area (Å²) in [5.74, 6) is 0.803. The summed E-state index contributed by atoms with van der Waals surface area (Å²) in [6, 6.07) is 7.46. The molecule has 0 bridgehead atoms. The number of anilines is 1. The van der Waals surface area contributed by atoms with Crippen LogP contribution >= 0.6 is 0 Å². The van der Waals surface area contributed by atoms with E-state index in [0.29, 0.717) is 18.0 Å². The first kappa shape index (κ1) is 16.8. The van der Waals surface area contributed by atoms with E-state index < -0.39 is 0 Å². The molecule has 25 heavy (non-hydrogen) atoms. The van der Waals surface area contributed by atoms with Crippen LogP contribution in [0.4, 0.5) is 10.5 Å². The van der Waals surface area contributed by atoms with Crippen LogP contribution in [-0.4, -0.2) is 17.6 Å². The molecule has 1 aliphatic rings. The highest BCUT2D eigenvalue weighted by molar-refractivity contribution is 5.98. The lowest BCUT2D eigenvalue weighted by Gasteiger charge is -2.23. The first-order chi connectivity index (χ1) is 12.2. The number of aromatic nitrogens is 1. The minimum atomic E-state index is -0.247. The standard InChI is InChI=1S/C20H21N3O2/c1-3-4-5-6-11-25-18-7-8-19-16(13-18)12-17(14-21-19)23-10-9-15(2)22-20(23)24/h3,7-10,12-14H,1-2,4-6,11H2,(H,22,24). The fourth-order valence-electron chi connectivity index (χ4n) is 2.58. The van der Waals surface area contributed by atoms with Gasteiger partial charge in [0.15, 0.2) is 0 Å². The Morgan fingerprint density at radius 3 is 2.96 bits per heavy atom. The van der Waals surface area contributed by atoms with E-state index in [2.05, 4.69) is 23.5 Å². The highest BCUT2D eigenvalue weighted by Gasteiger charge is 2.17. The second-order valence-corrected chi connectivity index (χ2v) is 5.82. The molecule has 1 aromatic carbocycles. The molecule has 0 spiro atoms. The molecule has 0 saturated heterocycles. The fourth-order valence-corrected chi connectivity index (χ4v) is 2.58. The number of urea groups is 1. The third kappa shape index (κ3) is 4.07. The van der Waals surface area contributed by atoms with E-state index in [9.17, 15) is 4.79 Å². The topological polar surface area (TPSA) is 54.5 Å². The molecule has 128 valence electrons. The number of amides is 2. The van der Waals surface area contributed by atoms with E-state index in [4.69, 9.17) is 4.74 Å². The van der Waals surface area contributed by atoms with Crippen molar-refractivity contribution in [2.24, 2.45) is 0 Å². The van der Waals surface area contributed by atoms with Gasteiger partial charge in [0.1, 0.15) is 5.75 Å². The second-order valence-electron chi connectivity index (χ2n) is 5.82. The van der Waals surface area contributed by atoms with Gasteiger partial charge < -0.3 is 10.1 Å². The highest BCUT2D eigenvalue weighted by Crippen LogP contribution is 2.25. The fraction of sp³-hybridized carbons (Fsp3) is 0.200. The Morgan fingerprint density at radius 2 is 2.16 bits per heavy atom. The number of carbonyl (C=O) groups is 1. The van der Waals surface area contributed by atoms with E-state index >= 15 is 0 Å². The number of nitrogens with one attached hydrogen (secondary N) is 1. The number of allylic oxidation sites excluding steroid dienone is 2. The number of carbonyl (C=O) groups excluding carboxylic acids is 1. The number of hydrogen-bond acceptors (Lipinski definition) is 3. The molecule has 0 saturated carbocycles. The van der Waals surface area contributed by atoms with Crippen molar-refractivity contribution in [1.82, 2.24) is 10.3 Å². The lowest BCUT2D eigenvalue weighted by atomic mass is 10.2.